The molecule has 4 atom stereocenters. The van der Waals surface area contributed by atoms with Crippen molar-refractivity contribution in [2.75, 3.05) is 13.2 Å². The van der Waals surface area contributed by atoms with Gasteiger partial charge in [-0.25, -0.2) is 4.79 Å². The molecule has 0 aromatic heterocycles. The van der Waals surface area contributed by atoms with Crippen LogP contribution >= 0.6 is 0 Å². The van der Waals surface area contributed by atoms with Crippen molar-refractivity contribution in [2.45, 2.75) is 49.8 Å². The third-order valence-corrected chi connectivity index (χ3v) is 7.13. The summed E-state index contributed by atoms with van der Waals surface area (Å²) in [6, 6.07) is 15.6. The van der Waals surface area contributed by atoms with E-state index in [2.05, 4.69) is 34.9 Å². The lowest BCUT2D eigenvalue weighted by Gasteiger charge is -2.22. The first kappa shape index (κ1) is 22.4. The number of aliphatic carboxylic acids is 1. The second-order valence-corrected chi connectivity index (χ2v) is 9.21. The summed E-state index contributed by atoms with van der Waals surface area (Å²) >= 11 is 0. The van der Waals surface area contributed by atoms with Gasteiger partial charge in [0.2, 0.25) is 0 Å². The molecule has 0 spiro atoms. The minimum atomic E-state index is -0.830. The molecule has 2 amide bonds. The minimum Gasteiger partial charge on any atom is -0.481 e. The van der Waals surface area contributed by atoms with E-state index in [0.29, 0.717) is 32.3 Å². The van der Waals surface area contributed by atoms with Crippen LogP contribution in [0.2, 0.25) is 0 Å². The lowest BCUT2D eigenvalue weighted by molar-refractivity contribution is -0.141. The Labute approximate surface area is 197 Å². The zero-order chi connectivity index (χ0) is 23.7. The average molecular weight is 465 g/mol. The first-order chi connectivity index (χ1) is 16.5. The molecule has 2 unspecified atom stereocenters. The quantitative estimate of drug-likeness (QED) is 0.606. The Morgan fingerprint density at radius 2 is 1.62 bits per heavy atom. The lowest BCUT2D eigenvalue weighted by atomic mass is 9.98. The normalized spacial score (nSPS) is 25.4. The molecule has 3 N–H and O–H groups in total. The Hall–Kier alpha value is -3.39. The second kappa shape index (κ2) is 9.46. The highest BCUT2D eigenvalue weighted by Gasteiger charge is 2.38. The summed E-state index contributed by atoms with van der Waals surface area (Å²) in [5, 5.41) is 14.8. The number of hydrogen-bond acceptors (Lipinski definition) is 5. The number of carbonyl (C=O) groups is 3. The van der Waals surface area contributed by atoms with Gasteiger partial charge in [-0.1, -0.05) is 48.5 Å². The number of ether oxygens (including phenoxy) is 2. The summed E-state index contributed by atoms with van der Waals surface area (Å²) in [6.07, 6.45) is 0.696. The highest BCUT2D eigenvalue weighted by atomic mass is 16.6. The fourth-order valence-corrected chi connectivity index (χ4v) is 5.41. The van der Waals surface area contributed by atoms with Crippen LogP contribution in [0.25, 0.3) is 11.1 Å². The van der Waals surface area contributed by atoms with Crippen molar-refractivity contribution in [1.82, 2.24) is 10.6 Å². The maximum Gasteiger partial charge on any atom is 0.407 e. The highest BCUT2D eigenvalue weighted by Crippen LogP contribution is 2.44. The van der Waals surface area contributed by atoms with E-state index in [1.54, 1.807) is 0 Å². The van der Waals surface area contributed by atoms with Gasteiger partial charge in [-0.3, -0.25) is 9.59 Å². The van der Waals surface area contributed by atoms with Gasteiger partial charge in [-0.15, -0.1) is 0 Å². The molecule has 8 nitrogen and oxygen atoms in total. The number of nitrogens with one attached hydrogen (secondary N) is 2. The van der Waals surface area contributed by atoms with Crippen LogP contribution in [0.15, 0.2) is 48.5 Å². The van der Waals surface area contributed by atoms with Gasteiger partial charge >= 0.3 is 12.1 Å². The van der Waals surface area contributed by atoms with Crippen LogP contribution in [-0.4, -0.2) is 54.5 Å². The summed E-state index contributed by atoms with van der Waals surface area (Å²) in [7, 11) is 0. The molecule has 1 heterocycles. The number of hydrogen-bond donors (Lipinski definition) is 3. The van der Waals surface area contributed by atoms with E-state index < -0.39 is 30.1 Å². The number of alkyl carbamates (subject to hydrolysis) is 1. The van der Waals surface area contributed by atoms with E-state index in [1.165, 1.54) is 0 Å². The van der Waals surface area contributed by atoms with Gasteiger partial charge in [0.1, 0.15) is 6.61 Å². The van der Waals surface area contributed by atoms with Crippen LogP contribution in [0.5, 0.6) is 0 Å². The van der Waals surface area contributed by atoms with Gasteiger partial charge in [0.05, 0.1) is 12.0 Å². The molecule has 1 aliphatic heterocycles. The van der Waals surface area contributed by atoms with E-state index in [0.717, 1.165) is 22.3 Å². The Kier molecular flexibility index (Phi) is 6.24. The van der Waals surface area contributed by atoms with Gasteiger partial charge in [0.25, 0.3) is 5.91 Å². The monoisotopic (exact) mass is 464 g/mol. The van der Waals surface area contributed by atoms with Crippen molar-refractivity contribution in [3.63, 3.8) is 0 Å². The van der Waals surface area contributed by atoms with Gasteiger partial charge in [-0.05, 0) is 47.9 Å². The molecular weight excluding hydrogens is 436 g/mol. The second-order valence-electron chi connectivity index (χ2n) is 9.21. The molecule has 8 heteroatoms. The van der Waals surface area contributed by atoms with E-state index in [9.17, 15) is 14.4 Å². The van der Waals surface area contributed by atoms with Crippen LogP contribution in [0.3, 0.4) is 0 Å². The van der Waals surface area contributed by atoms with Gasteiger partial charge in [-0.2, -0.15) is 0 Å². The van der Waals surface area contributed by atoms with Gasteiger partial charge in [0.15, 0.2) is 6.10 Å². The number of carboxylic acids is 1. The van der Waals surface area contributed by atoms with Crippen molar-refractivity contribution < 1.29 is 29.0 Å². The molecule has 34 heavy (non-hydrogen) atoms. The number of benzene rings is 2. The van der Waals surface area contributed by atoms with Crippen LogP contribution in [0, 0.1) is 5.92 Å². The number of fused-ring (bicyclic) bond motifs is 3. The summed E-state index contributed by atoms with van der Waals surface area (Å²) in [6.45, 7) is 0.553. The number of amides is 2. The van der Waals surface area contributed by atoms with Crippen LogP contribution in [-0.2, 0) is 19.1 Å². The van der Waals surface area contributed by atoms with E-state index in [-0.39, 0.29) is 24.5 Å². The van der Waals surface area contributed by atoms with Crippen LogP contribution < -0.4 is 10.6 Å². The molecule has 2 aromatic carbocycles. The Bertz CT molecular complexity index is 1060. The van der Waals surface area contributed by atoms with Crippen molar-refractivity contribution in [1.29, 1.82) is 0 Å². The standard InChI is InChI=1S/C26H28N2O6/c29-24(27-16-10-9-15(13-16)25(30)31)23-22(11-12-33-23)28-26(32)34-14-21-19-7-3-1-5-17(19)18-6-2-4-8-20(18)21/h1-8,15-16,21-23H,9-14H2,(H,27,29)(H,28,32)(H,30,31)/t15?,16?,22-,23+/m0/s1. The fourth-order valence-electron chi connectivity index (χ4n) is 5.41. The predicted octanol–water partition coefficient (Wildman–Crippen LogP) is 3.05. The Balaban J connectivity index is 1.17. The largest absolute Gasteiger partial charge is 0.481 e. The fraction of sp³-hybridized carbons (Fsp3) is 0.423. The predicted molar refractivity (Wildman–Crippen MR) is 123 cm³/mol. The minimum absolute atomic E-state index is 0.0402. The van der Waals surface area contributed by atoms with Crippen molar-refractivity contribution >= 4 is 18.0 Å². The molecular formula is C26H28N2O6. The summed E-state index contributed by atoms with van der Waals surface area (Å²) in [4.78, 5) is 36.5. The third kappa shape index (κ3) is 4.37. The first-order valence-corrected chi connectivity index (χ1v) is 11.8. The molecule has 0 radical (unpaired) electrons. The van der Waals surface area contributed by atoms with E-state index in [1.807, 2.05) is 24.3 Å². The number of rotatable bonds is 6. The van der Waals surface area contributed by atoms with E-state index >= 15 is 0 Å². The molecule has 178 valence electrons. The SMILES string of the molecule is O=C(N[C@H]1CCO[C@H]1C(=O)NC1CCC(C(=O)O)C1)OCC1c2ccccc2-c2ccccc21. The number of carbonyl (C=O) groups excluding carboxylic acids is 2. The topological polar surface area (TPSA) is 114 Å². The summed E-state index contributed by atoms with van der Waals surface area (Å²) in [5.41, 5.74) is 4.58. The van der Waals surface area contributed by atoms with Crippen molar-refractivity contribution in [3.8, 4) is 11.1 Å². The molecule has 5 rings (SSSR count). The molecule has 2 aliphatic carbocycles. The molecule has 3 aliphatic rings. The lowest BCUT2D eigenvalue weighted by Crippen LogP contribution is -2.50. The zero-order valence-electron chi connectivity index (χ0n) is 18.7. The average Bonchev–Trinajstić information content (AvgIpc) is 3.56. The molecule has 0 bridgehead atoms. The smallest absolute Gasteiger partial charge is 0.407 e. The van der Waals surface area contributed by atoms with Crippen LogP contribution in [0.1, 0.15) is 42.7 Å². The maximum absolute atomic E-state index is 12.7. The number of carboxylic acid groups (broad SMARTS) is 1. The zero-order valence-corrected chi connectivity index (χ0v) is 18.7. The Morgan fingerprint density at radius 1 is 0.941 bits per heavy atom. The Morgan fingerprint density at radius 3 is 2.26 bits per heavy atom. The molecule has 2 aromatic rings. The van der Waals surface area contributed by atoms with Crippen molar-refractivity contribution in [3.05, 3.63) is 59.7 Å². The molecule has 1 saturated carbocycles. The van der Waals surface area contributed by atoms with E-state index in [4.69, 9.17) is 14.6 Å². The third-order valence-electron chi connectivity index (χ3n) is 7.13. The highest BCUT2D eigenvalue weighted by molar-refractivity contribution is 5.83. The van der Waals surface area contributed by atoms with Gasteiger partial charge in [0, 0.05) is 18.6 Å². The summed E-state index contributed by atoms with van der Waals surface area (Å²) < 4.78 is 11.2. The van der Waals surface area contributed by atoms with Crippen molar-refractivity contribution in [2.24, 2.45) is 5.92 Å². The maximum atomic E-state index is 12.7. The summed E-state index contributed by atoms with van der Waals surface area (Å²) in [5.74, 6) is -1.62. The van der Waals surface area contributed by atoms with Gasteiger partial charge < -0.3 is 25.2 Å². The molecule has 1 saturated heterocycles. The molecule has 2 fully saturated rings. The first-order valence-electron chi connectivity index (χ1n) is 11.8. The van der Waals surface area contributed by atoms with Crippen LogP contribution in [0.4, 0.5) is 4.79 Å².